The van der Waals surface area contributed by atoms with Crippen molar-refractivity contribution in [2.45, 2.75) is 43.0 Å². The molecule has 24 heavy (non-hydrogen) atoms. The van der Waals surface area contributed by atoms with Crippen LogP contribution < -0.4 is 0 Å². The topological polar surface area (TPSA) is 84.1 Å². The maximum Gasteiger partial charge on any atom is 0.235 e. The van der Waals surface area contributed by atoms with Gasteiger partial charge in [-0.2, -0.15) is 4.68 Å². The third kappa shape index (κ3) is 3.87. The van der Waals surface area contributed by atoms with Crippen LogP contribution in [0.2, 0.25) is 0 Å². The predicted octanol–water partition coefficient (Wildman–Crippen LogP) is 2.25. The first-order valence-corrected chi connectivity index (χ1v) is 9.06. The summed E-state index contributed by atoms with van der Waals surface area (Å²) in [5.74, 6) is 0.327. The van der Waals surface area contributed by atoms with Crippen LogP contribution in [0.25, 0.3) is 5.69 Å². The monoisotopic (exact) mass is 347 g/mol. The number of aromatic hydroxyl groups is 1. The van der Waals surface area contributed by atoms with Gasteiger partial charge in [0.15, 0.2) is 0 Å². The largest absolute Gasteiger partial charge is 0.508 e. The summed E-state index contributed by atoms with van der Waals surface area (Å²) in [6, 6.07) is 6.63. The average Bonchev–Trinajstić information content (AvgIpc) is 2.87. The van der Waals surface area contributed by atoms with Crippen LogP contribution in [0.4, 0.5) is 0 Å². The third-order valence-corrected chi connectivity index (χ3v) is 5.10. The number of rotatable bonds is 4. The molecule has 1 amide bonds. The van der Waals surface area contributed by atoms with Crippen molar-refractivity contribution in [3.05, 3.63) is 24.3 Å². The summed E-state index contributed by atoms with van der Waals surface area (Å²) in [4.78, 5) is 14.6. The van der Waals surface area contributed by atoms with Gasteiger partial charge in [-0.05, 0) is 54.5 Å². The summed E-state index contributed by atoms with van der Waals surface area (Å²) < 4.78 is 1.58. The highest BCUT2D eigenvalue weighted by Gasteiger charge is 2.24. The number of likely N-dealkylation sites (tertiary alicyclic amines) is 1. The van der Waals surface area contributed by atoms with E-state index in [4.69, 9.17) is 0 Å². The van der Waals surface area contributed by atoms with Gasteiger partial charge in [0.1, 0.15) is 5.75 Å². The van der Waals surface area contributed by atoms with Gasteiger partial charge >= 0.3 is 0 Å². The number of tetrazole rings is 1. The van der Waals surface area contributed by atoms with Crippen LogP contribution in [0.3, 0.4) is 0 Å². The van der Waals surface area contributed by atoms with Crippen LogP contribution >= 0.6 is 11.8 Å². The van der Waals surface area contributed by atoms with E-state index in [1.165, 1.54) is 24.6 Å². The van der Waals surface area contributed by atoms with Crippen LogP contribution in [0.5, 0.6) is 5.75 Å². The minimum Gasteiger partial charge on any atom is -0.508 e. The van der Waals surface area contributed by atoms with E-state index in [0.29, 0.717) is 5.16 Å². The summed E-state index contributed by atoms with van der Waals surface area (Å²) in [6.07, 6.45) is 4.55. The molecule has 2 heterocycles. The lowest BCUT2D eigenvalue weighted by Gasteiger charge is -2.23. The van der Waals surface area contributed by atoms with Gasteiger partial charge < -0.3 is 10.0 Å². The molecule has 2 aromatic rings. The van der Waals surface area contributed by atoms with Gasteiger partial charge in [-0.1, -0.05) is 24.6 Å². The van der Waals surface area contributed by atoms with Crippen LogP contribution in [-0.2, 0) is 4.79 Å². The molecule has 1 aliphatic rings. The molecule has 0 radical (unpaired) electrons. The predicted molar refractivity (Wildman–Crippen MR) is 91.2 cm³/mol. The van der Waals surface area contributed by atoms with Gasteiger partial charge in [-0.15, -0.1) is 5.10 Å². The van der Waals surface area contributed by atoms with Crippen molar-refractivity contribution in [3.63, 3.8) is 0 Å². The second kappa shape index (κ2) is 7.65. The standard InChI is InChI=1S/C16H21N5O2S/c1-12(15(23)20-10-4-2-3-5-11-20)24-16-17-18-19-21(16)13-6-8-14(22)9-7-13/h6-9,12,22H,2-5,10-11H2,1H3/t12-/m1/s1. The number of hydrogen-bond donors (Lipinski definition) is 1. The van der Waals surface area contributed by atoms with Crippen molar-refractivity contribution in [1.82, 2.24) is 25.1 Å². The highest BCUT2D eigenvalue weighted by Crippen LogP contribution is 2.25. The molecule has 0 unspecified atom stereocenters. The second-order valence-corrected chi connectivity index (χ2v) is 7.20. The summed E-state index contributed by atoms with van der Waals surface area (Å²) in [6.45, 7) is 3.58. The van der Waals surface area contributed by atoms with E-state index in [9.17, 15) is 9.90 Å². The average molecular weight is 347 g/mol. The Kier molecular flexibility index (Phi) is 5.34. The molecular formula is C16H21N5O2S. The van der Waals surface area contributed by atoms with Gasteiger partial charge in [-0.25, -0.2) is 0 Å². The van der Waals surface area contributed by atoms with Gasteiger partial charge in [0, 0.05) is 13.1 Å². The summed E-state index contributed by atoms with van der Waals surface area (Å²) in [5, 5.41) is 21.4. The highest BCUT2D eigenvalue weighted by atomic mass is 32.2. The molecule has 1 atom stereocenters. The Morgan fingerprint density at radius 2 is 1.83 bits per heavy atom. The molecule has 3 rings (SSSR count). The molecule has 0 spiro atoms. The number of phenols is 1. The Morgan fingerprint density at radius 3 is 2.50 bits per heavy atom. The van der Waals surface area contributed by atoms with Crippen LogP contribution in [0, 0.1) is 0 Å². The molecular weight excluding hydrogens is 326 g/mol. The van der Waals surface area contributed by atoms with Crippen molar-refractivity contribution in [1.29, 1.82) is 0 Å². The van der Waals surface area contributed by atoms with Gasteiger partial charge in [0.05, 0.1) is 10.9 Å². The van der Waals surface area contributed by atoms with Crippen molar-refractivity contribution in [3.8, 4) is 11.4 Å². The van der Waals surface area contributed by atoms with E-state index < -0.39 is 0 Å². The zero-order valence-corrected chi connectivity index (χ0v) is 14.4. The second-order valence-electron chi connectivity index (χ2n) is 5.89. The molecule has 128 valence electrons. The number of nitrogens with zero attached hydrogens (tertiary/aromatic N) is 5. The maximum atomic E-state index is 12.7. The highest BCUT2D eigenvalue weighted by molar-refractivity contribution is 8.00. The normalized spacial score (nSPS) is 16.6. The Hall–Kier alpha value is -2.09. The third-order valence-electron chi connectivity index (χ3n) is 4.08. The van der Waals surface area contributed by atoms with Crippen molar-refractivity contribution < 1.29 is 9.90 Å². The van der Waals surface area contributed by atoms with Crippen LogP contribution in [0.1, 0.15) is 32.6 Å². The number of hydrogen-bond acceptors (Lipinski definition) is 6. The van der Waals surface area contributed by atoms with E-state index >= 15 is 0 Å². The molecule has 1 N–H and O–H groups in total. The molecule has 1 saturated heterocycles. The Labute approximate surface area is 145 Å². The molecule has 1 aromatic heterocycles. The van der Waals surface area contributed by atoms with Crippen LogP contribution in [0.15, 0.2) is 29.4 Å². The quantitative estimate of drug-likeness (QED) is 0.854. The minimum atomic E-state index is -0.245. The minimum absolute atomic E-state index is 0.141. The van der Waals surface area contributed by atoms with E-state index in [2.05, 4.69) is 15.5 Å². The van der Waals surface area contributed by atoms with E-state index in [1.54, 1.807) is 28.9 Å². The first kappa shape index (κ1) is 16.8. The summed E-state index contributed by atoms with van der Waals surface area (Å²) in [7, 11) is 0. The van der Waals surface area contributed by atoms with Crippen molar-refractivity contribution in [2.24, 2.45) is 0 Å². The maximum absolute atomic E-state index is 12.7. The molecule has 0 bridgehead atoms. The fourth-order valence-electron chi connectivity index (χ4n) is 2.76. The number of thioether (sulfide) groups is 1. The molecule has 0 saturated carbocycles. The lowest BCUT2D eigenvalue weighted by molar-refractivity contribution is -0.130. The smallest absolute Gasteiger partial charge is 0.235 e. The number of aromatic nitrogens is 4. The number of phenolic OH excluding ortho intramolecular Hbond substituents is 1. The molecule has 0 aliphatic carbocycles. The molecule has 1 aromatic carbocycles. The Balaban J connectivity index is 1.70. The van der Waals surface area contributed by atoms with Crippen LogP contribution in [-0.4, -0.2) is 54.5 Å². The van der Waals surface area contributed by atoms with Gasteiger partial charge in [-0.3, -0.25) is 4.79 Å². The van der Waals surface area contributed by atoms with Gasteiger partial charge in [0.25, 0.3) is 0 Å². The van der Waals surface area contributed by atoms with Crippen molar-refractivity contribution in [2.75, 3.05) is 13.1 Å². The van der Waals surface area contributed by atoms with Crippen molar-refractivity contribution >= 4 is 17.7 Å². The van der Waals surface area contributed by atoms with E-state index in [0.717, 1.165) is 31.6 Å². The summed E-state index contributed by atoms with van der Waals surface area (Å²) >= 11 is 1.36. The SMILES string of the molecule is C[C@@H](Sc1nnnn1-c1ccc(O)cc1)C(=O)N1CCCCCC1. The van der Waals surface area contributed by atoms with E-state index in [1.807, 2.05) is 11.8 Å². The molecule has 1 aliphatic heterocycles. The Morgan fingerprint density at radius 1 is 1.17 bits per heavy atom. The number of amides is 1. The molecule has 8 heteroatoms. The van der Waals surface area contributed by atoms with E-state index in [-0.39, 0.29) is 16.9 Å². The lowest BCUT2D eigenvalue weighted by atomic mass is 10.2. The molecule has 7 nitrogen and oxygen atoms in total. The first-order chi connectivity index (χ1) is 11.6. The lowest BCUT2D eigenvalue weighted by Crippen LogP contribution is -2.37. The number of carbonyl (C=O) groups excluding carboxylic acids is 1. The first-order valence-electron chi connectivity index (χ1n) is 8.18. The zero-order valence-electron chi connectivity index (χ0n) is 13.6. The number of carbonyl (C=O) groups is 1. The summed E-state index contributed by atoms with van der Waals surface area (Å²) in [5.41, 5.74) is 0.745. The Bertz CT molecular complexity index is 680. The number of benzene rings is 1. The fraction of sp³-hybridized carbons (Fsp3) is 0.500. The fourth-order valence-corrected chi connectivity index (χ4v) is 3.66. The zero-order chi connectivity index (χ0) is 16.9. The van der Waals surface area contributed by atoms with Gasteiger partial charge in [0.2, 0.25) is 11.1 Å². The molecule has 1 fully saturated rings.